The molecule has 180 valence electrons. The summed E-state index contributed by atoms with van der Waals surface area (Å²) in [6.45, 7) is 4.10. The quantitative estimate of drug-likeness (QED) is 0.160. The summed E-state index contributed by atoms with van der Waals surface area (Å²) < 4.78 is 0. The van der Waals surface area contributed by atoms with Crippen LogP contribution in [-0.2, 0) is 6.54 Å². The lowest BCUT2D eigenvalue weighted by molar-refractivity contribution is 0.108. The van der Waals surface area contributed by atoms with Gasteiger partial charge in [-0.1, -0.05) is 118 Å². The molecule has 0 saturated carbocycles. The first-order chi connectivity index (χ1) is 17.2. The zero-order chi connectivity index (χ0) is 24.3. The minimum absolute atomic E-state index is 0.0200. The monoisotopic (exact) mass is 483 g/mol. The van der Waals surface area contributed by atoms with Crippen LogP contribution in [0, 0.1) is 0 Å². The lowest BCUT2D eigenvalue weighted by Gasteiger charge is -2.06. The van der Waals surface area contributed by atoms with Crippen LogP contribution in [-0.4, -0.2) is 21.6 Å². The van der Waals surface area contributed by atoms with Crippen molar-refractivity contribution in [3.05, 3.63) is 96.1 Å². The Morgan fingerprint density at radius 1 is 0.829 bits per heavy atom. The molecule has 5 heteroatoms. The summed E-state index contributed by atoms with van der Waals surface area (Å²) in [4.78, 5) is 21.2. The number of unbranched alkanes of at least 4 members (excludes halogenated alkanes) is 4. The van der Waals surface area contributed by atoms with E-state index in [-0.39, 0.29) is 5.12 Å². The van der Waals surface area contributed by atoms with Crippen molar-refractivity contribution in [2.45, 2.75) is 50.7 Å². The third-order valence-electron chi connectivity index (χ3n) is 5.96. The molecule has 4 rings (SSSR count). The third-order valence-corrected chi connectivity index (χ3v) is 6.76. The molecule has 0 spiro atoms. The fourth-order valence-electron chi connectivity index (χ4n) is 4.01. The van der Waals surface area contributed by atoms with Crippen molar-refractivity contribution in [3.63, 3.8) is 0 Å². The standard InChI is InChI=1S/C30H33N3OS/c1-2-3-4-5-12-21-31-22-23-17-19-26(20-18-23)29(34)35-30-32-27(24-13-8-6-9-14-24)28(33-30)25-15-10-7-11-16-25/h6-11,13-20,31H,2-5,12,21-22H2,1H3,(H,32,33). The van der Waals surface area contributed by atoms with Crippen LogP contribution >= 0.6 is 11.8 Å². The highest BCUT2D eigenvalue weighted by molar-refractivity contribution is 8.14. The van der Waals surface area contributed by atoms with Crippen LogP contribution in [0.3, 0.4) is 0 Å². The van der Waals surface area contributed by atoms with Gasteiger partial charge >= 0.3 is 0 Å². The molecule has 0 atom stereocenters. The number of hydrogen-bond acceptors (Lipinski definition) is 4. The van der Waals surface area contributed by atoms with Crippen LogP contribution in [0.2, 0.25) is 0 Å². The van der Waals surface area contributed by atoms with Crippen LogP contribution in [0.15, 0.2) is 90.1 Å². The number of thioether (sulfide) groups is 1. The highest BCUT2D eigenvalue weighted by Crippen LogP contribution is 2.33. The fourth-order valence-corrected chi connectivity index (χ4v) is 4.73. The molecular weight excluding hydrogens is 450 g/mol. The average Bonchev–Trinajstić information content (AvgIpc) is 3.33. The van der Waals surface area contributed by atoms with E-state index < -0.39 is 0 Å². The molecule has 0 aliphatic rings. The molecule has 0 aliphatic heterocycles. The van der Waals surface area contributed by atoms with Crippen molar-refractivity contribution < 1.29 is 4.79 Å². The van der Waals surface area contributed by atoms with Crippen molar-refractivity contribution in [2.24, 2.45) is 0 Å². The summed E-state index contributed by atoms with van der Waals surface area (Å²) in [7, 11) is 0. The molecule has 0 unspecified atom stereocenters. The van der Waals surface area contributed by atoms with Gasteiger partial charge in [-0.2, -0.15) is 0 Å². The molecule has 0 bridgehead atoms. The number of aromatic nitrogens is 2. The van der Waals surface area contributed by atoms with Gasteiger partial charge in [0.2, 0.25) is 5.12 Å². The second-order valence-corrected chi connectivity index (χ2v) is 9.64. The van der Waals surface area contributed by atoms with Gasteiger partial charge in [-0.25, -0.2) is 4.98 Å². The topological polar surface area (TPSA) is 57.8 Å². The van der Waals surface area contributed by atoms with Gasteiger partial charge in [-0.15, -0.1) is 0 Å². The number of rotatable bonds is 12. The van der Waals surface area contributed by atoms with E-state index in [9.17, 15) is 4.79 Å². The average molecular weight is 484 g/mol. The molecule has 0 fully saturated rings. The summed E-state index contributed by atoms with van der Waals surface area (Å²) in [5, 5.41) is 4.08. The fraction of sp³-hybridized carbons (Fsp3) is 0.267. The number of H-pyrrole nitrogens is 1. The van der Waals surface area contributed by atoms with E-state index in [1.807, 2.05) is 84.9 Å². The van der Waals surface area contributed by atoms with Gasteiger partial charge < -0.3 is 10.3 Å². The van der Waals surface area contributed by atoms with Gasteiger partial charge in [-0.05, 0) is 30.3 Å². The number of carbonyl (C=O) groups excluding carboxylic acids is 1. The molecule has 1 aromatic heterocycles. The van der Waals surface area contributed by atoms with E-state index >= 15 is 0 Å². The predicted octanol–water partition coefficient (Wildman–Crippen LogP) is 7.74. The van der Waals surface area contributed by atoms with Gasteiger partial charge in [-0.3, -0.25) is 4.79 Å². The Bertz CT molecular complexity index is 1130. The Balaban J connectivity index is 1.39. The van der Waals surface area contributed by atoms with Crippen LogP contribution in [0.5, 0.6) is 0 Å². The highest BCUT2D eigenvalue weighted by atomic mass is 32.2. The van der Waals surface area contributed by atoms with Crippen LogP contribution in [0.4, 0.5) is 0 Å². The molecule has 0 radical (unpaired) electrons. The number of carbonyl (C=O) groups is 1. The largest absolute Gasteiger partial charge is 0.332 e. The summed E-state index contributed by atoms with van der Waals surface area (Å²) >= 11 is 1.14. The van der Waals surface area contributed by atoms with E-state index in [0.717, 1.165) is 47.4 Å². The highest BCUT2D eigenvalue weighted by Gasteiger charge is 2.17. The summed E-state index contributed by atoms with van der Waals surface area (Å²) in [6, 6.07) is 28.1. The molecular formula is C30H33N3OS. The van der Waals surface area contributed by atoms with E-state index in [0.29, 0.717) is 10.7 Å². The first-order valence-electron chi connectivity index (χ1n) is 12.5. The second kappa shape index (κ2) is 13.1. The van der Waals surface area contributed by atoms with Crippen molar-refractivity contribution in [1.82, 2.24) is 15.3 Å². The molecule has 1 heterocycles. The summed E-state index contributed by atoms with van der Waals surface area (Å²) in [5.74, 6) is 0. The van der Waals surface area contributed by atoms with Crippen molar-refractivity contribution in [2.75, 3.05) is 6.54 Å². The molecule has 35 heavy (non-hydrogen) atoms. The van der Waals surface area contributed by atoms with Gasteiger partial charge in [0, 0.05) is 23.2 Å². The lowest BCUT2D eigenvalue weighted by Crippen LogP contribution is -2.14. The van der Waals surface area contributed by atoms with Crippen molar-refractivity contribution >= 4 is 16.9 Å². The SMILES string of the molecule is CCCCCCCNCc1ccc(C(=O)Sc2nc(-c3ccccc3)c(-c3ccccc3)[nH]2)cc1. The first-order valence-corrected chi connectivity index (χ1v) is 13.3. The number of benzene rings is 3. The molecule has 0 aliphatic carbocycles. The van der Waals surface area contributed by atoms with Crippen LogP contribution in [0.25, 0.3) is 22.5 Å². The maximum atomic E-state index is 13.0. The van der Waals surface area contributed by atoms with E-state index in [2.05, 4.69) is 17.2 Å². The van der Waals surface area contributed by atoms with E-state index in [1.54, 1.807) is 0 Å². The van der Waals surface area contributed by atoms with E-state index in [1.165, 1.54) is 37.7 Å². The van der Waals surface area contributed by atoms with Crippen molar-refractivity contribution in [1.29, 1.82) is 0 Å². The Morgan fingerprint density at radius 3 is 2.17 bits per heavy atom. The minimum Gasteiger partial charge on any atom is -0.332 e. The van der Waals surface area contributed by atoms with Gasteiger partial charge in [0.15, 0.2) is 5.16 Å². The molecule has 2 N–H and O–H groups in total. The number of hydrogen-bond donors (Lipinski definition) is 2. The summed E-state index contributed by atoms with van der Waals surface area (Å²) in [5.41, 5.74) is 5.70. The number of aromatic amines is 1. The Labute approximate surface area is 212 Å². The van der Waals surface area contributed by atoms with Gasteiger partial charge in [0.1, 0.15) is 0 Å². The number of nitrogens with zero attached hydrogens (tertiary/aromatic N) is 1. The maximum Gasteiger partial charge on any atom is 0.227 e. The normalized spacial score (nSPS) is 11.0. The zero-order valence-corrected chi connectivity index (χ0v) is 21.1. The Kier molecular flexibility index (Phi) is 9.32. The third kappa shape index (κ3) is 7.17. The smallest absolute Gasteiger partial charge is 0.227 e. The second-order valence-electron chi connectivity index (χ2n) is 8.68. The molecule has 4 nitrogen and oxygen atoms in total. The van der Waals surface area contributed by atoms with E-state index in [4.69, 9.17) is 4.98 Å². The Morgan fingerprint density at radius 2 is 1.49 bits per heavy atom. The van der Waals surface area contributed by atoms with Gasteiger partial charge in [0.05, 0.1) is 11.4 Å². The number of nitrogens with one attached hydrogen (secondary N) is 2. The summed E-state index contributed by atoms with van der Waals surface area (Å²) in [6.07, 6.45) is 6.43. The predicted molar refractivity (Wildman–Crippen MR) is 147 cm³/mol. The Hall–Kier alpha value is -3.15. The molecule has 3 aromatic carbocycles. The molecule has 4 aromatic rings. The number of imidazole rings is 1. The van der Waals surface area contributed by atoms with Gasteiger partial charge in [0.25, 0.3) is 0 Å². The molecule has 0 saturated heterocycles. The van der Waals surface area contributed by atoms with Crippen LogP contribution < -0.4 is 5.32 Å². The molecule has 0 amide bonds. The first kappa shape index (κ1) is 25.0. The van der Waals surface area contributed by atoms with Crippen LogP contribution in [0.1, 0.15) is 54.9 Å². The minimum atomic E-state index is -0.0200. The zero-order valence-electron chi connectivity index (χ0n) is 20.3. The maximum absolute atomic E-state index is 13.0. The van der Waals surface area contributed by atoms with Crippen molar-refractivity contribution in [3.8, 4) is 22.5 Å². The lowest BCUT2D eigenvalue weighted by atomic mass is 10.1.